The molecule has 1 aliphatic heterocycles. The van der Waals surface area contributed by atoms with E-state index in [1.165, 1.54) is 24.6 Å². The summed E-state index contributed by atoms with van der Waals surface area (Å²) < 4.78 is 55.6. The van der Waals surface area contributed by atoms with Gasteiger partial charge in [-0.1, -0.05) is 62.2 Å². The lowest BCUT2D eigenvalue weighted by molar-refractivity contribution is -0.253. The molecule has 1 saturated heterocycles. The monoisotopic (exact) mass is 528 g/mol. The zero-order valence-electron chi connectivity index (χ0n) is 19.3. The quantitative estimate of drug-likeness (QED) is 0.146. The molecule has 5 nitrogen and oxygen atoms in total. The van der Waals surface area contributed by atoms with Crippen molar-refractivity contribution in [3.05, 3.63) is 54.6 Å². The predicted octanol–water partition coefficient (Wildman–Crippen LogP) is 7.03. The standard InChI is InChI=1S/C24H28F4N4OS2/c1-2-3-4-8-14-32(19-11-6-5-7-12-19)30-23-31(15-16-35-23)22(34)29-18-10-9-13-20(17-18)33-24(27,28)21(25)26/h5-7,9-13,17,21H,2-4,8,14-16H2,1H3,(H,29,34). The number of unbranched alkanes of at least 4 members (excludes halogenated alkanes) is 3. The maximum atomic E-state index is 13.3. The van der Waals surface area contributed by atoms with Gasteiger partial charge < -0.3 is 10.1 Å². The number of amidine groups is 1. The minimum Gasteiger partial charge on any atom is -0.428 e. The molecule has 11 heteroatoms. The van der Waals surface area contributed by atoms with Crippen LogP contribution in [0.3, 0.4) is 0 Å². The molecule has 1 heterocycles. The number of thiocarbonyl (C=S) groups is 1. The first-order valence-electron chi connectivity index (χ1n) is 11.4. The van der Waals surface area contributed by atoms with E-state index >= 15 is 0 Å². The smallest absolute Gasteiger partial charge is 0.428 e. The van der Waals surface area contributed by atoms with Crippen molar-refractivity contribution in [1.29, 1.82) is 0 Å². The Kier molecular flexibility index (Phi) is 10.0. The third-order valence-corrected chi connectivity index (χ3v) is 6.37. The Labute approximate surface area is 212 Å². The Morgan fingerprint density at radius 3 is 2.66 bits per heavy atom. The molecule has 0 aromatic heterocycles. The Morgan fingerprint density at radius 2 is 1.94 bits per heavy atom. The fourth-order valence-corrected chi connectivity index (χ4v) is 4.64. The number of benzene rings is 2. The van der Waals surface area contributed by atoms with Crippen LogP contribution in [0, 0.1) is 0 Å². The van der Waals surface area contributed by atoms with Gasteiger partial charge in [-0.3, -0.25) is 9.91 Å². The van der Waals surface area contributed by atoms with Crippen LogP contribution in [0.5, 0.6) is 5.75 Å². The lowest BCUT2D eigenvalue weighted by Gasteiger charge is -2.24. The van der Waals surface area contributed by atoms with E-state index in [9.17, 15) is 17.6 Å². The number of para-hydroxylation sites is 1. The average Bonchev–Trinajstić information content (AvgIpc) is 3.30. The topological polar surface area (TPSA) is 40.1 Å². The molecule has 2 aromatic rings. The van der Waals surface area contributed by atoms with E-state index in [1.54, 1.807) is 17.8 Å². The van der Waals surface area contributed by atoms with E-state index in [-0.39, 0.29) is 0 Å². The van der Waals surface area contributed by atoms with Gasteiger partial charge in [0.2, 0.25) is 0 Å². The first kappa shape index (κ1) is 27.1. The molecule has 0 saturated carbocycles. The van der Waals surface area contributed by atoms with E-state index < -0.39 is 18.3 Å². The molecule has 0 unspecified atom stereocenters. The van der Waals surface area contributed by atoms with Crippen molar-refractivity contribution in [2.75, 3.05) is 29.2 Å². The van der Waals surface area contributed by atoms with Gasteiger partial charge in [0.15, 0.2) is 10.3 Å². The Bertz CT molecular complexity index is 994. The summed E-state index contributed by atoms with van der Waals surface area (Å²) in [5, 5.41) is 10.9. The number of hydrazone groups is 1. The van der Waals surface area contributed by atoms with Crippen LogP contribution in [0.2, 0.25) is 0 Å². The normalized spacial score (nSPS) is 15.0. The van der Waals surface area contributed by atoms with Crippen molar-refractivity contribution in [2.45, 2.75) is 45.1 Å². The highest BCUT2D eigenvalue weighted by Gasteiger charge is 2.44. The predicted molar refractivity (Wildman–Crippen MR) is 139 cm³/mol. The summed E-state index contributed by atoms with van der Waals surface area (Å²) in [5.41, 5.74) is 1.32. The zero-order chi connectivity index (χ0) is 25.3. The summed E-state index contributed by atoms with van der Waals surface area (Å²) >= 11 is 7.12. The first-order valence-corrected chi connectivity index (χ1v) is 12.8. The van der Waals surface area contributed by atoms with Gasteiger partial charge in [0, 0.05) is 30.6 Å². The van der Waals surface area contributed by atoms with Gasteiger partial charge in [-0.2, -0.15) is 17.6 Å². The van der Waals surface area contributed by atoms with Crippen LogP contribution in [0.25, 0.3) is 0 Å². The van der Waals surface area contributed by atoms with Crippen LogP contribution in [0.1, 0.15) is 32.6 Å². The number of hydrogen-bond acceptors (Lipinski definition) is 5. The average molecular weight is 529 g/mol. The van der Waals surface area contributed by atoms with Crippen molar-refractivity contribution >= 4 is 45.6 Å². The molecule has 0 aliphatic carbocycles. The molecular weight excluding hydrogens is 500 g/mol. The van der Waals surface area contributed by atoms with Crippen LogP contribution in [0.15, 0.2) is 59.7 Å². The number of rotatable bonds is 11. The number of ether oxygens (including phenoxy) is 1. The fraction of sp³-hybridized carbons (Fsp3) is 0.417. The number of hydrogen-bond donors (Lipinski definition) is 1. The second-order valence-corrected chi connectivity index (χ2v) is 9.27. The molecule has 1 aliphatic rings. The van der Waals surface area contributed by atoms with Crippen LogP contribution in [-0.2, 0) is 0 Å². The molecule has 0 radical (unpaired) electrons. The molecule has 35 heavy (non-hydrogen) atoms. The third-order valence-electron chi connectivity index (χ3n) is 5.10. The van der Waals surface area contributed by atoms with E-state index in [0.29, 0.717) is 17.3 Å². The van der Waals surface area contributed by atoms with Crippen LogP contribution >= 0.6 is 24.0 Å². The maximum absolute atomic E-state index is 13.3. The summed E-state index contributed by atoms with van der Waals surface area (Å²) in [5.74, 6) is 0.387. The summed E-state index contributed by atoms with van der Waals surface area (Å²) in [7, 11) is 0. The van der Waals surface area contributed by atoms with Crippen molar-refractivity contribution in [2.24, 2.45) is 5.10 Å². The Hall–Kier alpha value is -2.53. The van der Waals surface area contributed by atoms with Crippen LogP contribution in [0.4, 0.5) is 28.9 Å². The van der Waals surface area contributed by atoms with E-state index in [4.69, 9.17) is 17.3 Å². The number of nitrogens with zero attached hydrogens (tertiary/aromatic N) is 3. The molecule has 0 atom stereocenters. The summed E-state index contributed by atoms with van der Waals surface area (Å²) in [6.07, 6.45) is -4.08. The van der Waals surface area contributed by atoms with E-state index in [2.05, 4.69) is 17.0 Å². The van der Waals surface area contributed by atoms with Crippen molar-refractivity contribution in [3.8, 4) is 5.75 Å². The maximum Gasteiger partial charge on any atom is 0.461 e. The van der Waals surface area contributed by atoms with Crippen molar-refractivity contribution in [1.82, 2.24) is 4.90 Å². The van der Waals surface area contributed by atoms with Crippen LogP contribution < -0.4 is 15.1 Å². The van der Waals surface area contributed by atoms with E-state index in [0.717, 1.165) is 42.4 Å². The minimum absolute atomic E-state index is 0.325. The van der Waals surface area contributed by atoms with Crippen LogP contribution in [-0.4, -0.2) is 46.6 Å². The van der Waals surface area contributed by atoms with Gasteiger partial charge in [-0.15, -0.1) is 5.10 Å². The highest BCUT2D eigenvalue weighted by molar-refractivity contribution is 8.14. The molecule has 190 valence electrons. The SMILES string of the molecule is CCCCCCN(N=C1SCCN1C(=S)Nc1cccc(OC(F)(F)C(F)F)c1)c1ccccc1. The first-order chi connectivity index (χ1) is 16.8. The second kappa shape index (κ2) is 13.0. The highest BCUT2D eigenvalue weighted by Crippen LogP contribution is 2.29. The van der Waals surface area contributed by atoms with Gasteiger partial charge in [0.05, 0.1) is 5.69 Å². The van der Waals surface area contributed by atoms with Gasteiger partial charge in [0.1, 0.15) is 5.75 Å². The Balaban J connectivity index is 1.72. The van der Waals surface area contributed by atoms with Gasteiger partial charge in [-0.05, 0) is 42.9 Å². The third kappa shape index (κ3) is 7.99. The lowest BCUT2D eigenvalue weighted by Crippen LogP contribution is -2.37. The summed E-state index contributed by atoms with van der Waals surface area (Å²) in [4.78, 5) is 1.84. The number of alkyl halides is 4. The van der Waals surface area contributed by atoms with Gasteiger partial charge in [0.25, 0.3) is 0 Å². The largest absolute Gasteiger partial charge is 0.461 e. The molecule has 1 fully saturated rings. The second-order valence-electron chi connectivity index (χ2n) is 7.82. The molecule has 0 spiro atoms. The number of halogens is 4. The number of nitrogens with one attached hydrogen (secondary N) is 1. The molecule has 2 aromatic carbocycles. The van der Waals surface area contributed by atoms with Gasteiger partial charge in [-0.25, -0.2) is 0 Å². The van der Waals surface area contributed by atoms with Gasteiger partial charge >= 0.3 is 12.5 Å². The number of anilines is 2. The summed E-state index contributed by atoms with van der Waals surface area (Å²) in [6.45, 7) is 3.55. The Morgan fingerprint density at radius 1 is 1.17 bits per heavy atom. The molecule has 1 N–H and O–H groups in total. The van der Waals surface area contributed by atoms with Crippen molar-refractivity contribution in [3.63, 3.8) is 0 Å². The lowest BCUT2D eigenvalue weighted by atomic mass is 10.2. The fourth-order valence-electron chi connectivity index (χ4n) is 3.33. The molecular formula is C24H28F4N4OS2. The van der Waals surface area contributed by atoms with Crippen molar-refractivity contribution < 1.29 is 22.3 Å². The summed E-state index contributed by atoms with van der Waals surface area (Å²) in [6, 6.07) is 15.3. The highest BCUT2D eigenvalue weighted by atomic mass is 32.2. The van der Waals surface area contributed by atoms with E-state index in [1.807, 2.05) is 40.2 Å². The molecule has 0 bridgehead atoms. The molecule has 0 amide bonds. The zero-order valence-corrected chi connectivity index (χ0v) is 20.9. The number of thioether (sulfide) groups is 1. The molecule has 3 rings (SSSR count). The minimum atomic E-state index is -4.58.